The number of nitrogen functional groups attached to an aromatic ring is 1. The molecular formula is C17H21N3O. The molecule has 0 unspecified atom stereocenters. The van der Waals surface area contributed by atoms with Crippen molar-refractivity contribution in [3.63, 3.8) is 0 Å². The van der Waals surface area contributed by atoms with Crippen molar-refractivity contribution >= 4 is 5.82 Å². The number of nitrogens with two attached hydrogens (primary N) is 1. The van der Waals surface area contributed by atoms with Gasteiger partial charge in [0.1, 0.15) is 5.82 Å². The van der Waals surface area contributed by atoms with E-state index in [0.29, 0.717) is 5.82 Å². The monoisotopic (exact) mass is 283 g/mol. The first-order chi connectivity index (χ1) is 10.3. The molecule has 4 heteroatoms. The van der Waals surface area contributed by atoms with Crippen LogP contribution >= 0.6 is 0 Å². The van der Waals surface area contributed by atoms with Gasteiger partial charge in [0.25, 0.3) is 0 Å². The molecule has 1 aromatic heterocycles. The molecule has 1 atom stereocenters. The minimum atomic E-state index is 0.0997. The molecule has 21 heavy (non-hydrogen) atoms. The summed E-state index contributed by atoms with van der Waals surface area (Å²) >= 11 is 0. The number of ether oxygens (including phenoxy) is 1. The molecule has 0 spiro atoms. The van der Waals surface area contributed by atoms with E-state index in [-0.39, 0.29) is 6.10 Å². The maximum absolute atomic E-state index is 5.86. The van der Waals surface area contributed by atoms with Crippen molar-refractivity contribution in [2.75, 3.05) is 32.0 Å². The molecule has 1 fully saturated rings. The predicted octanol–water partition coefficient (Wildman–Crippen LogP) is 2.28. The zero-order chi connectivity index (χ0) is 14.5. The molecule has 0 amide bonds. The number of rotatable bonds is 4. The van der Waals surface area contributed by atoms with Crippen molar-refractivity contribution in [2.24, 2.45) is 0 Å². The highest BCUT2D eigenvalue weighted by Gasteiger charge is 2.21. The van der Waals surface area contributed by atoms with Gasteiger partial charge in [-0.3, -0.25) is 4.90 Å². The van der Waals surface area contributed by atoms with Crippen LogP contribution in [0.1, 0.15) is 17.2 Å². The van der Waals surface area contributed by atoms with E-state index in [2.05, 4.69) is 40.2 Å². The molecular weight excluding hydrogens is 262 g/mol. The van der Waals surface area contributed by atoms with Crippen LogP contribution in [-0.2, 0) is 11.2 Å². The van der Waals surface area contributed by atoms with E-state index in [1.807, 2.05) is 18.3 Å². The lowest BCUT2D eigenvalue weighted by Crippen LogP contribution is -2.39. The molecule has 0 aliphatic carbocycles. The number of pyridine rings is 1. The quantitative estimate of drug-likeness (QED) is 0.935. The third-order valence-corrected chi connectivity index (χ3v) is 3.89. The Labute approximate surface area is 125 Å². The summed E-state index contributed by atoms with van der Waals surface area (Å²) in [5.74, 6) is 0.551. The van der Waals surface area contributed by atoms with Gasteiger partial charge in [-0.15, -0.1) is 0 Å². The van der Waals surface area contributed by atoms with Crippen LogP contribution in [0.3, 0.4) is 0 Å². The lowest BCUT2D eigenvalue weighted by atomic mass is 10.1. The minimum Gasteiger partial charge on any atom is -0.384 e. The third kappa shape index (κ3) is 3.80. The van der Waals surface area contributed by atoms with Crippen molar-refractivity contribution < 1.29 is 4.74 Å². The first kappa shape index (κ1) is 14.0. The second-order valence-corrected chi connectivity index (χ2v) is 5.41. The largest absolute Gasteiger partial charge is 0.384 e. The van der Waals surface area contributed by atoms with Gasteiger partial charge < -0.3 is 10.5 Å². The van der Waals surface area contributed by atoms with Gasteiger partial charge in [-0.25, -0.2) is 4.98 Å². The van der Waals surface area contributed by atoms with Crippen LogP contribution in [0.15, 0.2) is 48.7 Å². The average molecular weight is 283 g/mol. The zero-order valence-electron chi connectivity index (χ0n) is 12.1. The summed E-state index contributed by atoms with van der Waals surface area (Å²) in [5, 5.41) is 0. The SMILES string of the molecule is Nc1ccc([C@@H]2CN(CCc3ccccc3)CCO2)cn1. The van der Waals surface area contributed by atoms with Gasteiger partial charge in [0.2, 0.25) is 0 Å². The first-order valence-electron chi connectivity index (χ1n) is 7.40. The fourth-order valence-corrected chi connectivity index (χ4v) is 2.65. The molecule has 1 aliphatic rings. The number of hydrogen-bond acceptors (Lipinski definition) is 4. The highest BCUT2D eigenvalue weighted by Crippen LogP contribution is 2.22. The van der Waals surface area contributed by atoms with Gasteiger partial charge in [-0.05, 0) is 18.1 Å². The van der Waals surface area contributed by atoms with E-state index in [0.717, 1.165) is 38.2 Å². The van der Waals surface area contributed by atoms with Crippen LogP contribution in [0.2, 0.25) is 0 Å². The van der Waals surface area contributed by atoms with E-state index < -0.39 is 0 Å². The summed E-state index contributed by atoms with van der Waals surface area (Å²) < 4.78 is 5.86. The summed E-state index contributed by atoms with van der Waals surface area (Å²) in [6, 6.07) is 14.5. The Bertz CT molecular complexity index is 556. The molecule has 2 heterocycles. The lowest BCUT2D eigenvalue weighted by Gasteiger charge is -2.33. The number of anilines is 1. The Hall–Kier alpha value is -1.91. The first-order valence-corrected chi connectivity index (χ1v) is 7.40. The van der Waals surface area contributed by atoms with Crippen molar-refractivity contribution in [1.29, 1.82) is 0 Å². The molecule has 1 aliphatic heterocycles. The minimum absolute atomic E-state index is 0.0997. The molecule has 0 saturated carbocycles. The second-order valence-electron chi connectivity index (χ2n) is 5.41. The Morgan fingerprint density at radius 2 is 2.05 bits per heavy atom. The molecule has 110 valence electrons. The molecule has 0 bridgehead atoms. The van der Waals surface area contributed by atoms with Crippen molar-refractivity contribution in [3.05, 3.63) is 59.8 Å². The topological polar surface area (TPSA) is 51.4 Å². The summed E-state index contributed by atoms with van der Waals surface area (Å²) in [4.78, 5) is 6.61. The number of morpholine rings is 1. The van der Waals surface area contributed by atoms with E-state index in [4.69, 9.17) is 10.5 Å². The fourth-order valence-electron chi connectivity index (χ4n) is 2.65. The van der Waals surface area contributed by atoms with Gasteiger partial charge >= 0.3 is 0 Å². The van der Waals surface area contributed by atoms with Crippen LogP contribution in [0.5, 0.6) is 0 Å². The van der Waals surface area contributed by atoms with Gasteiger partial charge in [0, 0.05) is 31.4 Å². The van der Waals surface area contributed by atoms with E-state index >= 15 is 0 Å². The molecule has 1 aromatic carbocycles. The normalized spacial score (nSPS) is 19.5. The highest BCUT2D eigenvalue weighted by molar-refractivity contribution is 5.30. The van der Waals surface area contributed by atoms with Crippen molar-refractivity contribution in [3.8, 4) is 0 Å². The Balaban J connectivity index is 1.57. The Morgan fingerprint density at radius 1 is 1.19 bits per heavy atom. The molecule has 0 radical (unpaired) electrons. The maximum Gasteiger partial charge on any atom is 0.123 e. The molecule has 4 nitrogen and oxygen atoms in total. The van der Waals surface area contributed by atoms with Gasteiger partial charge in [-0.2, -0.15) is 0 Å². The Morgan fingerprint density at radius 3 is 2.81 bits per heavy atom. The number of benzene rings is 1. The fraction of sp³-hybridized carbons (Fsp3) is 0.353. The molecule has 3 rings (SSSR count). The molecule has 2 N–H and O–H groups in total. The van der Waals surface area contributed by atoms with Crippen molar-refractivity contribution in [1.82, 2.24) is 9.88 Å². The molecule has 1 saturated heterocycles. The molecule has 2 aromatic rings. The van der Waals surface area contributed by atoms with E-state index in [9.17, 15) is 0 Å². The predicted molar refractivity (Wildman–Crippen MR) is 83.9 cm³/mol. The van der Waals surface area contributed by atoms with Gasteiger partial charge in [0.15, 0.2) is 0 Å². The van der Waals surface area contributed by atoms with Crippen LogP contribution < -0.4 is 5.73 Å². The van der Waals surface area contributed by atoms with Gasteiger partial charge in [-0.1, -0.05) is 36.4 Å². The Kier molecular flexibility index (Phi) is 4.48. The highest BCUT2D eigenvalue weighted by atomic mass is 16.5. The van der Waals surface area contributed by atoms with Crippen LogP contribution in [0, 0.1) is 0 Å². The second kappa shape index (κ2) is 6.70. The van der Waals surface area contributed by atoms with Crippen LogP contribution in [-0.4, -0.2) is 36.1 Å². The number of nitrogens with zero attached hydrogens (tertiary/aromatic N) is 2. The van der Waals surface area contributed by atoms with E-state index in [1.54, 1.807) is 0 Å². The summed E-state index contributed by atoms with van der Waals surface area (Å²) in [6.45, 7) is 3.74. The maximum atomic E-state index is 5.86. The van der Waals surface area contributed by atoms with Crippen LogP contribution in [0.4, 0.5) is 5.82 Å². The summed E-state index contributed by atoms with van der Waals surface area (Å²) in [7, 11) is 0. The third-order valence-electron chi connectivity index (χ3n) is 3.89. The lowest BCUT2D eigenvalue weighted by molar-refractivity contribution is -0.0297. The zero-order valence-corrected chi connectivity index (χ0v) is 12.1. The van der Waals surface area contributed by atoms with E-state index in [1.165, 1.54) is 5.56 Å². The number of aromatic nitrogens is 1. The average Bonchev–Trinajstić information content (AvgIpc) is 2.55. The van der Waals surface area contributed by atoms with Crippen molar-refractivity contribution in [2.45, 2.75) is 12.5 Å². The standard InChI is InChI=1S/C17H21N3O/c18-17-7-6-15(12-19-17)16-13-20(10-11-21-16)9-8-14-4-2-1-3-5-14/h1-7,12,16H,8-11,13H2,(H2,18,19)/t16-/m0/s1. The number of hydrogen-bond donors (Lipinski definition) is 1. The summed E-state index contributed by atoms with van der Waals surface area (Å²) in [5.41, 5.74) is 8.12. The van der Waals surface area contributed by atoms with Gasteiger partial charge in [0.05, 0.1) is 12.7 Å². The smallest absolute Gasteiger partial charge is 0.123 e. The van der Waals surface area contributed by atoms with Crippen LogP contribution in [0.25, 0.3) is 0 Å². The summed E-state index contributed by atoms with van der Waals surface area (Å²) in [6.07, 6.45) is 3.00.